The van der Waals surface area contributed by atoms with Crippen molar-refractivity contribution in [3.8, 4) is 0 Å². The highest BCUT2D eigenvalue weighted by Crippen LogP contribution is 2.23. The zero-order valence-electron chi connectivity index (χ0n) is 12.9. The number of carbonyl (C=O) groups is 1. The summed E-state index contributed by atoms with van der Waals surface area (Å²) in [6.07, 6.45) is 2.66. The average Bonchev–Trinajstić information content (AvgIpc) is 3.01. The highest BCUT2D eigenvalue weighted by atomic mass is 35.5. The monoisotopic (exact) mass is 388 g/mol. The smallest absolute Gasteiger partial charge is 0.251 e. The Balaban J connectivity index is 1.80. The molecule has 6 nitrogen and oxygen atoms in total. The molecule has 1 aromatic carbocycles. The van der Waals surface area contributed by atoms with Gasteiger partial charge in [-0.05, 0) is 30.3 Å². The van der Waals surface area contributed by atoms with Gasteiger partial charge in [-0.15, -0.1) is 0 Å². The molecule has 0 aliphatic rings. The molecule has 0 saturated heterocycles. The Hall–Kier alpha value is -1.64. The maximum atomic E-state index is 12.0. The van der Waals surface area contributed by atoms with E-state index in [0.29, 0.717) is 12.1 Å². The molecule has 0 aliphatic heterocycles. The van der Waals surface area contributed by atoms with Gasteiger partial charge in [0.25, 0.3) is 5.91 Å². The van der Waals surface area contributed by atoms with E-state index in [0.717, 1.165) is 23.5 Å². The zero-order valence-corrected chi connectivity index (χ0v) is 15.3. The van der Waals surface area contributed by atoms with Crippen molar-refractivity contribution in [2.45, 2.75) is 5.75 Å². The molecule has 0 saturated carbocycles. The second kappa shape index (κ2) is 8.46. The number of nitrogens with one attached hydrogen (secondary N) is 2. The Kier molecular flexibility index (Phi) is 6.59. The third kappa shape index (κ3) is 6.10. The van der Waals surface area contributed by atoms with Crippen LogP contribution in [0.5, 0.6) is 0 Å². The van der Waals surface area contributed by atoms with Gasteiger partial charge in [-0.3, -0.25) is 9.52 Å². The molecule has 0 bridgehead atoms. The number of amides is 1. The van der Waals surface area contributed by atoms with Gasteiger partial charge in [-0.1, -0.05) is 11.6 Å². The lowest BCUT2D eigenvalue weighted by atomic mass is 10.2. The second-order valence-corrected chi connectivity index (χ2v) is 8.22. The van der Waals surface area contributed by atoms with Crippen molar-refractivity contribution in [1.82, 2.24) is 5.32 Å². The van der Waals surface area contributed by atoms with Crippen LogP contribution in [0.4, 0.5) is 5.69 Å². The van der Waals surface area contributed by atoms with Crippen molar-refractivity contribution in [3.05, 3.63) is 52.9 Å². The van der Waals surface area contributed by atoms with Gasteiger partial charge in [-0.2, -0.15) is 11.8 Å². The standard InChI is InChI=1S/C15H17ClN2O4S2/c1-24(20,21)18-14-5-4-11(9-13(14)16)15(19)17-6-8-23-10-12-3-2-7-22-12/h2-5,7,9,18H,6,8,10H2,1H3,(H,17,19). The molecule has 24 heavy (non-hydrogen) atoms. The Morgan fingerprint density at radius 1 is 1.33 bits per heavy atom. The largest absolute Gasteiger partial charge is 0.468 e. The predicted molar refractivity (Wildman–Crippen MR) is 97.1 cm³/mol. The number of halogens is 1. The van der Waals surface area contributed by atoms with Gasteiger partial charge < -0.3 is 9.73 Å². The fraction of sp³-hybridized carbons (Fsp3) is 0.267. The third-order valence-corrected chi connectivity index (χ3v) is 4.77. The quantitative estimate of drug-likeness (QED) is 0.679. The fourth-order valence-corrected chi connectivity index (χ4v) is 3.46. The van der Waals surface area contributed by atoms with Crippen molar-refractivity contribution in [2.75, 3.05) is 23.3 Å². The van der Waals surface area contributed by atoms with Crippen molar-refractivity contribution in [1.29, 1.82) is 0 Å². The fourth-order valence-electron chi connectivity index (χ4n) is 1.85. The maximum absolute atomic E-state index is 12.0. The van der Waals surface area contributed by atoms with Gasteiger partial charge in [0.1, 0.15) is 5.76 Å². The molecule has 130 valence electrons. The molecule has 2 aromatic rings. The molecule has 0 spiro atoms. The van der Waals surface area contributed by atoms with Gasteiger partial charge in [0.05, 0.1) is 29.0 Å². The van der Waals surface area contributed by atoms with Crippen LogP contribution in [0, 0.1) is 0 Å². The predicted octanol–water partition coefficient (Wildman–Crippen LogP) is 2.97. The van der Waals surface area contributed by atoms with Crippen LogP contribution in [0.15, 0.2) is 41.0 Å². The second-order valence-electron chi connectivity index (χ2n) is 4.96. The van der Waals surface area contributed by atoms with Gasteiger partial charge in [0.15, 0.2) is 0 Å². The molecule has 0 fully saturated rings. The zero-order chi connectivity index (χ0) is 17.6. The summed E-state index contributed by atoms with van der Waals surface area (Å²) >= 11 is 7.65. The molecule has 2 N–H and O–H groups in total. The highest BCUT2D eigenvalue weighted by molar-refractivity contribution is 7.98. The minimum Gasteiger partial charge on any atom is -0.468 e. The molecule has 0 atom stereocenters. The summed E-state index contributed by atoms with van der Waals surface area (Å²) in [4.78, 5) is 12.0. The number of anilines is 1. The van der Waals surface area contributed by atoms with Crippen molar-refractivity contribution >= 4 is 45.0 Å². The van der Waals surface area contributed by atoms with Crippen LogP contribution < -0.4 is 10.0 Å². The van der Waals surface area contributed by atoms with Gasteiger partial charge in [0, 0.05) is 17.9 Å². The first-order chi connectivity index (χ1) is 11.3. The third-order valence-electron chi connectivity index (χ3n) is 2.88. The van der Waals surface area contributed by atoms with Crippen LogP contribution in [-0.2, 0) is 15.8 Å². The Bertz CT molecular complexity index is 792. The lowest BCUT2D eigenvalue weighted by Crippen LogP contribution is -2.25. The lowest BCUT2D eigenvalue weighted by Gasteiger charge is -2.09. The number of rotatable bonds is 8. The van der Waals surface area contributed by atoms with E-state index in [4.69, 9.17) is 16.0 Å². The number of sulfonamides is 1. The number of furan rings is 1. The normalized spacial score (nSPS) is 11.2. The van der Waals surface area contributed by atoms with Crippen molar-refractivity contribution in [2.24, 2.45) is 0 Å². The molecular formula is C15H17ClN2O4S2. The minimum atomic E-state index is -3.42. The van der Waals surface area contributed by atoms with Crippen LogP contribution in [0.1, 0.15) is 16.1 Å². The highest BCUT2D eigenvalue weighted by Gasteiger charge is 2.11. The molecule has 1 heterocycles. The van der Waals surface area contributed by atoms with E-state index in [2.05, 4.69) is 10.0 Å². The van der Waals surface area contributed by atoms with E-state index in [1.54, 1.807) is 18.0 Å². The van der Waals surface area contributed by atoms with E-state index >= 15 is 0 Å². The van der Waals surface area contributed by atoms with E-state index in [1.165, 1.54) is 18.2 Å². The Morgan fingerprint density at radius 3 is 2.75 bits per heavy atom. The molecule has 9 heteroatoms. The summed E-state index contributed by atoms with van der Waals surface area (Å²) < 4.78 is 29.9. The number of hydrogen-bond donors (Lipinski definition) is 2. The molecule has 0 aliphatic carbocycles. The van der Waals surface area contributed by atoms with E-state index in [1.807, 2.05) is 12.1 Å². The number of hydrogen-bond acceptors (Lipinski definition) is 5. The van der Waals surface area contributed by atoms with E-state index in [9.17, 15) is 13.2 Å². The summed E-state index contributed by atoms with van der Waals surface area (Å²) in [7, 11) is -3.42. The molecule has 0 unspecified atom stereocenters. The summed E-state index contributed by atoms with van der Waals surface area (Å²) in [5, 5.41) is 2.95. The SMILES string of the molecule is CS(=O)(=O)Nc1ccc(C(=O)NCCSCc2ccco2)cc1Cl. The van der Waals surface area contributed by atoms with Crippen molar-refractivity contribution < 1.29 is 17.6 Å². The molecule has 2 rings (SSSR count). The van der Waals surface area contributed by atoms with Crippen LogP contribution in [0.3, 0.4) is 0 Å². The Labute approximate surface area is 150 Å². The summed E-state index contributed by atoms with van der Waals surface area (Å²) in [6.45, 7) is 0.505. The Morgan fingerprint density at radius 2 is 2.12 bits per heavy atom. The average molecular weight is 389 g/mol. The number of benzene rings is 1. The number of carbonyl (C=O) groups excluding carboxylic acids is 1. The van der Waals surface area contributed by atoms with Crippen LogP contribution in [0.25, 0.3) is 0 Å². The first-order valence-corrected chi connectivity index (χ1v) is 10.4. The van der Waals surface area contributed by atoms with Gasteiger partial charge >= 0.3 is 0 Å². The van der Waals surface area contributed by atoms with Crippen molar-refractivity contribution in [3.63, 3.8) is 0 Å². The van der Waals surface area contributed by atoms with E-state index in [-0.39, 0.29) is 16.6 Å². The molecule has 0 radical (unpaired) electrons. The van der Waals surface area contributed by atoms with E-state index < -0.39 is 10.0 Å². The summed E-state index contributed by atoms with van der Waals surface area (Å²) in [6, 6.07) is 8.15. The van der Waals surface area contributed by atoms with Crippen LogP contribution >= 0.6 is 23.4 Å². The first-order valence-electron chi connectivity index (χ1n) is 7.01. The van der Waals surface area contributed by atoms with Gasteiger partial charge in [-0.25, -0.2) is 8.42 Å². The summed E-state index contributed by atoms with van der Waals surface area (Å²) in [5.74, 6) is 2.13. The van der Waals surface area contributed by atoms with Crippen LogP contribution in [0.2, 0.25) is 5.02 Å². The van der Waals surface area contributed by atoms with Crippen LogP contribution in [-0.4, -0.2) is 32.9 Å². The maximum Gasteiger partial charge on any atom is 0.251 e. The number of thioether (sulfide) groups is 1. The molecule has 1 aromatic heterocycles. The summed E-state index contributed by atoms with van der Waals surface area (Å²) in [5.41, 5.74) is 0.611. The molecular weight excluding hydrogens is 372 g/mol. The molecule has 1 amide bonds. The lowest BCUT2D eigenvalue weighted by molar-refractivity contribution is 0.0956. The topological polar surface area (TPSA) is 88.4 Å². The first kappa shape index (κ1) is 18.7. The minimum absolute atomic E-state index is 0.167. The van der Waals surface area contributed by atoms with Gasteiger partial charge in [0.2, 0.25) is 10.0 Å².